The standard InChI is InChI=1S/C30H38FN5O5/c1-3-18(2)26(35-25(37)17-41-14-13-31)29(39)34-23-12-9-20-5-4-6-21-15-24(36(27(20)21)30(23)40)28(38)33-16-19-7-10-22(32)11-8-19/h4-8,10-11,18,23-24,26H,3,9,12-17,32H2,1-2H3,(H,33,38)(H,34,39)(H,35,37)/t18-,23-,24-,26-/m0/s1. The third-order valence-electron chi connectivity index (χ3n) is 7.74. The normalized spacial score (nSPS) is 19.1. The van der Waals surface area contributed by atoms with E-state index in [0.29, 0.717) is 31.4 Å². The molecule has 0 bridgehead atoms. The van der Waals surface area contributed by atoms with E-state index >= 15 is 0 Å². The first kappa shape index (κ1) is 30.0. The Morgan fingerprint density at radius 1 is 1.15 bits per heavy atom. The van der Waals surface area contributed by atoms with Crippen LogP contribution in [0.2, 0.25) is 0 Å². The van der Waals surface area contributed by atoms with Crippen molar-refractivity contribution in [3.8, 4) is 0 Å². The van der Waals surface area contributed by atoms with E-state index in [2.05, 4.69) is 16.0 Å². The number of rotatable bonds is 12. The third-order valence-corrected chi connectivity index (χ3v) is 7.74. The molecule has 11 heteroatoms. The molecule has 0 unspecified atom stereocenters. The number of carbonyl (C=O) groups excluding carboxylic acids is 4. The number of nitrogens with zero attached hydrogens (tertiary/aromatic N) is 1. The van der Waals surface area contributed by atoms with Crippen molar-refractivity contribution in [3.63, 3.8) is 0 Å². The van der Waals surface area contributed by atoms with Crippen molar-refractivity contribution < 1.29 is 28.3 Å². The summed E-state index contributed by atoms with van der Waals surface area (Å²) in [6.07, 6.45) is 1.85. The zero-order valence-electron chi connectivity index (χ0n) is 23.5. The monoisotopic (exact) mass is 567 g/mol. The Morgan fingerprint density at radius 2 is 1.88 bits per heavy atom. The van der Waals surface area contributed by atoms with Crippen LogP contribution in [0, 0.1) is 5.92 Å². The third kappa shape index (κ3) is 7.02. The minimum atomic E-state index is -0.909. The minimum absolute atomic E-state index is 0.211. The quantitative estimate of drug-likeness (QED) is 0.228. The van der Waals surface area contributed by atoms with Gasteiger partial charge in [-0.05, 0) is 47.6 Å². The number of para-hydroxylation sites is 1. The zero-order valence-corrected chi connectivity index (χ0v) is 23.5. The van der Waals surface area contributed by atoms with Gasteiger partial charge in [-0.3, -0.25) is 24.1 Å². The Morgan fingerprint density at radius 3 is 2.59 bits per heavy atom. The highest BCUT2D eigenvalue weighted by molar-refractivity contribution is 6.08. The van der Waals surface area contributed by atoms with Crippen molar-refractivity contribution in [1.82, 2.24) is 16.0 Å². The molecular formula is C30H38FN5O5. The predicted octanol–water partition coefficient (Wildman–Crippen LogP) is 1.79. The first-order valence-electron chi connectivity index (χ1n) is 14.0. The van der Waals surface area contributed by atoms with Crippen molar-refractivity contribution in [2.75, 3.05) is 30.5 Å². The summed E-state index contributed by atoms with van der Waals surface area (Å²) in [5.41, 5.74) is 9.85. The van der Waals surface area contributed by atoms with Crippen LogP contribution in [0.15, 0.2) is 42.5 Å². The summed E-state index contributed by atoms with van der Waals surface area (Å²) in [5.74, 6) is -1.92. The number of hydrogen-bond acceptors (Lipinski definition) is 6. The smallest absolute Gasteiger partial charge is 0.250 e. The summed E-state index contributed by atoms with van der Waals surface area (Å²) < 4.78 is 17.3. The summed E-state index contributed by atoms with van der Waals surface area (Å²) >= 11 is 0. The molecule has 0 saturated carbocycles. The number of ether oxygens (including phenoxy) is 1. The minimum Gasteiger partial charge on any atom is -0.399 e. The van der Waals surface area contributed by atoms with E-state index in [1.165, 1.54) is 4.90 Å². The molecule has 0 saturated heterocycles. The molecule has 2 aliphatic heterocycles. The van der Waals surface area contributed by atoms with E-state index in [1.807, 2.05) is 44.2 Å². The fourth-order valence-electron chi connectivity index (χ4n) is 5.32. The van der Waals surface area contributed by atoms with Gasteiger partial charge in [-0.25, -0.2) is 4.39 Å². The molecular weight excluding hydrogens is 529 g/mol. The SMILES string of the molecule is CC[C@H](C)[C@H](NC(=O)COCCF)C(=O)N[C@H]1CCc2cccc3c2N(C1=O)[C@H](C(=O)NCc1ccc(N)cc1)C3. The van der Waals surface area contributed by atoms with Gasteiger partial charge in [-0.15, -0.1) is 0 Å². The molecule has 41 heavy (non-hydrogen) atoms. The second-order valence-electron chi connectivity index (χ2n) is 10.6. The number of amides is 4. The van der Waals surface area contributed by atoms with Crippen molar-refractivity contribution in [2.24, 2.45) is 5.92 Å². The first-order chi connectivity index (χ1) is 19.7. The number of hydrogen-bond donors (Lipinski definition) is 4. The van der Waals surface area contributed by atoms with Gasteiger partial charge in [0.15, 0.2) is 0 Å². The molecule has 0 aromatic heterocycles. The molecule has 10 nitrogen and oxygen atoms in total. The summed E-state index contributed by atoms with van der Waals surface area (Å²) in [6, 6.07) is 10.4. The van der Waals surface area contributed by atoms with Gasteiger partial charge >= 0.3 is 0 Å². The largest absolute Gasteiger partial charge is 0.399 e. The zero-order chi connectivity index (χ0) is 29.5. The van der Waals surface area contributed by atoms with Gasteiger partial charge in [0.1, 0.15) is 31.4 Å². The number of alkyl halides is 1. The topological polar surface area (TPSA) is 143 Å². The number of anilines is 2. The van der Waals surface area contributed by atoms with Crippen molar-refractivity contribution in [3.05, 3.63) is 59.2 Å². The summed E-state index contributed by atoms with van der Waals surface area (Å²) in [4.78, 5) is 54.7. The van der Waals surface area contributed by atoms with Gasteiger partial charge in [-0.2, -0.15) is 0 Å². The summed E-state index contributed by atoms with van der Waals surface area (Å²) in [6.45, 7) is 2.71. The Kier molecular flexibility index (Phi) is 9.93. The lowest BCUT2D eigenvalue weighted by atomic mass is 9.97. The second-order valence-corrected chi connectivity index (χ2v) is 10.6. The number of nitrogen functional groups attached to an aromatic ring is 1. The predicted molar refractivity (Wildman–Crippen MR) is 153 cm³/mol. The van der Waals surface area contributed by atoms with Crippen LogP contribution in [0.3, 0.4) is 0 Å². The Labute approximate surface area is 239 Å². The number of benzene rings is 2. The maximum atomic E-state index is 14.0. The lowest BCUT2D eigenvalue weighted by Crippen LogP contribution is -2.58. The average molecular weight is 568 g/mol. The number of carbonyl (C=O) groups is 4. The maximum absolute atomic E-state index is 14.0. The highest BCUT2D eigenvalue weighted by Crippen LogP contribution is 2.39. The highest BCUT2D eigenvalue weighted by Gasteiger charge is 2.44. The molecule has 2 aromatic carbocycles. The average Bonchev–Trinajstić information content (AvgIpc) is 3.31. The van der Waals surface area contributed by atoms with Crippen LogP contribution in [0.4, 0.5) is 15.8 Å². The lowest BCUT2D eigenvalue weighted by Gasteiger charge is -2.30. The number of nitrogens with one attached hydrogen (secondary N) is 3. The van der Waals surface area contributed by atoms with Gasteiger partial charge < -0.3 is 26.4 Å². The van der Waals surface area contributed by atoms with Crippen LogP contribution < -0.4 is 26.6 Å². The summed E-state index contributed by atoms with van der Waals surface area (Å²) in [7, 11) is 0. The Bertz CT molecular complexity index is 1270. The van der Waals surface area contributed by atoms with E-state index < -0.39 is 36.6 Å². The second kappa shape index (κ2) is 13.6. The maximum Gasteiger partial charge on any atom is 0.250 e. The molecule has 0 aliphatic carbocycles. The fraction of sp³-hybridized carbons (Fsp3) is 0.467. The van der Waals surface area contributed by atoms with E-state index in [0.717, 1.165) is 22.4 Å². The van der Waals surface area contributed by atoms with Gasteiger partial charge in [0.05, 0.1) is 12.3 Å². The first-order valence-corrected chi connectivity index (χ1v) is 14.0. The van der Waals surface area contributed by atoms with E-state index in [4.69, 9.17) is 10.5 Å². The van der Waals surface area contributed by atoms with Crippen molar-refractivity contribution >= 4 is 35.0 Å². The molecule has 5 N–H and O–H groups in total. The molecule has 2 aromatic rings. The fourth-order valence-corrected chi connectivity index (χ4v) is 5.32. The van der Waals surface area contributed by atoms with Gasteiger partial charge in [-0.1, -0.05) is 50.6 Å². The van der Waals surface area contributed by atoms with Crippen LogP contribution in [-0.4, -0.2) is 61.6 Å². The van der Waals surface area contributed by atoms with E-state index in [9.17, 15) is 23.6 Å². The van der Waals surface area contributed by atoms with Crippen LogP contribution >= 0.6 is 0 Å². The molecule has 2 heterocycles. The van der Waals surface area contributed by atoms with E-state index in [1.54, 1.807) is 12.1 Å². The number of halogens is 1. The van der Waals surface area contributed by atoms with Crippen molar-refractivity contribution in [2.45, 2.75) is 64.2 Å². The Balaban J connectivity index is 1.50. The molecule has 0 radical (unpaired) electrons. The van der Waals surface area contributed by atoms with Crippen LogP contribution in [0.5, 0.6) is 0 Å². The van der Waals surface area contributed by atoms with Crippen LogP contribution in [0.1, 0.15) is 43.4 Å². The van der Waals surface area contributed by atoms with Crippen LogP contribution in [0.25, 0.3) is 0 Å². The molecule has 4 rings (SSSR count). The highest BCUT2D eigenvalue weighted by atomic mass is 19.1. The molecule has 0 fully saturated rings. The number of aryl methyl sites for hydroxylation is 1. The van der Waals surface area contributed by atoms with E-state index in [-0.39, 0.29) is 37.5 Å². The molecule has 0 spiro atoms. The number of nitrogens with two attached hydrogens (primary N) is 1. The van der Waals surface area contributed by atoms with Crippen molar-refractivity contribution in [1.29, 1.82) is 0 Å². The van der Waals surface area contributed by atoms with Crippen LogP contribution in [-0.2, 0) is 43.3 Å². The summed E-state index contributed by atoms with van der Waals surface area (Å²) in [5, 5.41) is 8.46. The van der Waals surface area contributed by atoms with Gasteiger partial charge in [0.2, 0.25) is 23.6 Å². The van der Waals surface area contributed by atoms with Gasteiger partial charge in [0, 0.05) is 18.7 Å². The lowest BCUT2D eigenvalue weighted by molar-refractivity contribution is -0.134. The Hall–Kier alpha value is -3.99. The van der Waals surface area contributed by atoms with Gasteiger partial charge in [0.25, 0.3) is 0 Å². The molecule has 2 aliphatic rings. The molecule has 4 amide bonds. The molecule has 220 valence electrons. The molecule has 4 atom stereocenters.